The van der Waals surface area contributed by atoms with E-state index in [1.165, 1.54) is 7.11 Å². The molecule has 0 heterocycles. The molecule has 0 aliphatic heterocycles. The van der Waals surface area contributed by atoms with Crippen molar-refractivity contribution in [3.8, 4) is 0 Å². The average Bonchev–Trinajstić information content (AvgIpc) is 1.61. The van der Waals surface area contributed by atoms with E-state index in [-0.39, 0.29) is 8.91 Å². The van der Waals surface area contributed by atoms with Gasteiger partial charge in [0.15, 0.2) is 0 Å². The summed E-state index contributed by atoms with van der Waals surface area (Å²) in [5.74, 6) is 0. The van der Waals surface area contributed by atoms with Gasteiger partial charge in [0, 0.05) is 0 Å². The molecule has 2 nitrogen and oxygen atoms in total. The van der Waals surface area contributed by atoms with Gasteiger partial charge in [0.25, 0.3) is 0 Å². The summed E-state index contributed by atoms with van der Waals surface area (Å²) in [5, 5.41) is 0. The molecule has 0 spiro atoms. The molecule has 0 amide bonds. The van der Waals surface area contributed by atoms with E-state index in [9.17, 15) is 0 Å². The second kappa shape index (κ2) is 5.04. The van der Waals surface area contributed by atoms with Crippen molar-refractivity contribution in [3.63, 3.8) is 0 Å². The number of rotatable bonds is 2. The van der Waals surface area contributed by atoms with Gasteiger partial charge in [-0.05, 0) is 0 Å². The molecule has 34 valence electrons. The van der Waals surface area contributed by atoms with E-state index in [2.05, 4.69) is 27.4 Å². The van der Waals surface area contributed by atoms with E-state index in [1.807, 2.05) is 0 Å². The first kappa shape index (κ1) is 6.04. The quantitative estimate of drug-likeness (QED) is 0.230. The first-order chi connectivity index (χ1) is 2.91. The van der Waals surface area contributed by atoms with Crippen LogP contribution in [-0.2, 0) is 8.85 Å². The molecule has 0 bridgehead atoms. The maximum absolute atomic E-state index is 4.40. The maximum Gasteiger partial charge on any atom is 0.553 e. The van der Waals surface area contributed by atoms with Gasteiger partial charge in [-0.15, -0.1) is 12.1 Å². The van der Waals surface area contributed by atoms with Crippen molar-refractivity contribution in [3.05, 3.63) is 0 Å². The largest absolute Gasteiger partial charge is 0.585 e. The lowest BCUT2D eigenvalue weighted by Gasteiger charge is -1.85. The van der Waals surface area contributed by atoms with Crippen molar-refractivity contribution in [2.75, 3.05) is 7.11 Å². The molecule has 0 aliphatic rings. The molecule has 4 heteroatoms. The van der Waals surface area contributed by atoms with Gasteiger partial charge < -0.3 is 8.85 Å². The summed E-state index contributed by atoms with van der Waals surface area (Å²) < 4.78 is 8.67. The van der Waals surface area contributed by atoms with E-state index < -0.39 is 0 Å². The maximum atomic E-state index is 4.40. The Bertz CT molecular complexity index is 46.8. The Kier molecular flexibility index (Phi) is 5.07. The Labute approximate surface area is 44.2 Å². The summed E-state index contributed by atoms with van der Waals surface area (Å²) in [5.41, 5.74) is 0. The summed E-state index contributed by atoms with van der Waals surface area (Å²) in [7, 11) is 1.59. The van der Waals surface area contributed by atoms with E-state index >= 15 is 0 Å². The Morgan fingerprint density at radius 1 is 2.00 bits per heavy atom. The van der Waals surface area contributed by atoms with Crippen LogP contribution in [0.3, 0.4) is 0 Å². The lowest BCUT2D eigenvalue weighted by molar-refractivity contribution is 0.159. The fraction of sp³-hybridized carbons (Fsp3) is 0.500. The summed E-state index contributed by atoms with van der Waals surface area (Å²) in [4.78, 5) is 0. The van der Waals surface area contributed by atoms with E-state index in [1.54, 1.807) is 0 Å². The molecule has 0 aromatic carbocycles. The zero-order chi connectivity index (χ0) is 4.83. The predicted octanol–water partition coefficient (Wildman–Crippen LogP) is -0.300. The second-order valence-corrected chi connectivity index (χ2v) is 1.42. The Balaban J connectivity index is 2.66. The van der Waals surface area contributed by atoms with Gasteiger partial charge in [0.1, 0.15) is 13.6 Å². The standard InChI is InChI=1S/C2H4O2SSi/c1-3-2-4-6-5/h5H,1H3. The van der Waals surface area contributed by atoms with Crippen molar-refractivity contribution < 1.29 is 8.85 Å². The number of hydrogen-bond acceptors (Lipinski definition) is 2. The van der Waals surface area contributed by atoms with E-state index in [0.29, 0.717) is 0 Å². The van der Waals surface area contributed by atoms with Crippen LogP contribution in [0.5, 0.6) is 0 Å². The lowest BCUT2D eigenvalue weighted by Crippen LogP contribution is -1.86. The summed E-state index contributed by atoms with van der Waals surface area (Å²) in [6, 6.07) is 0. The molecule has 0 saturated heterocycles. The van der Waals surface area contributed by atoms with Crippen LogP contribution in [0, 0.1) is 0 Å². The zero-order valence-electron chi connectivity index (χ0n) is 3.26. The van der Waals surface area contributed by atoms with Crippen LogP contribution < -0.4 is 0 Å². The number of hydrogen-bond donors (Lipinski definition) is 1. The third-order valence-electron chi connectivity index (χ3n) is 0.171. The highest BCUT2D eigenvalue weighted by Crippen LogP contribution is 1.63. The van der Waals surface area contributed by atoms with Gasteiger partial charge in [-0.3, -0.25) is 0 Å². The smallest absolute Gasteiger partial charge is 0.553 e. The lowest BCUT2D eigenvalue weighted by atomic mass is 11.6. The Morgan fingerprint density at radius 3 is 2.83 bits per heavy atom. The minimum Gasteiger partial charge on any atom is -0.585 e. The summed E-state index contributed by atoms with van der Waals surface area (Å²) >= 11 is 3.72. The monoisotopic (exact) mass is 120 g/mol. The molecule has 0 aromatic rings. The first-order valence-electron chi connectivity index (χ1n) is 1.24. The molecule has 6 heavy (non-hydrogen) atoms. The summed E-state index contributed by atoms with van der Waals surface area (Å²) in [6.45, 7) is 2.13. The van der Waals surface area contributed by atoms with Crippen molar-refractivity contribution in [1.82, 2.24) is 0 Å². The highest BCUT2D eigenvalue weighted by Gasteiger charge is 1.74. The van der Waals surface area contributed by atoms with Crippen LogP contribution in [0.15, 0.2) is 0 Å². The highest BCUT2D eigenvalue weighted by atomic mass is 32.3. The van der Waals surface area contributed by atoms with Crippen LogP contribution in [-0.4, -0.2) is 22.5 Å². The molecule has 2 radical (unpaired) electrons. The fourth-order valence-corrected chi connectivity index (χ4v) is 0.293. The number of carbonyl (C=O) groups excluding carboxylic acids is 1. The van der Waals surface area contributed by atoms with Crippen LogP contribution in [0.25, 0.3) is 0 Å². The Hall–Kier alpha value is 0.0369. The van der Waals surface area contributed by atoms with E-state index in [0.717, 1.165) is 0 Å². The van der Waals surface area contributed by atoms with Crippen molar-refractivity contribution in [1.29, 1.82) is 0 Å². The molecule has 0 atom stereocenters. The molecule has 0 saturated carbocycles. The van der Waals surface area contributed by atoms with Crippen molar-refractivity contribution in [2.45, 2.75) is 0 Å². The molecule has 0 fully saturated rings. The minimum absolute atomic E-state index is 0.123. The van der Waals surface area contributed by atoms with Gasteiger partial charge >= 0.3 is 8.91 Å². The third kappa shape index (κ3) is 4.04. The van der Waals surface area contributed by atoms with Crippen LogP contribution in [0.1, 0.15) is 0 Å². The van der Waals surface area contributed by atoms with Gasteiger partial charge in [0.2, 0.25) is 0 Å². The van der Waals surface area contributed by atoms with Gasteiger partial charge in [-0.1, -0.05) is 0 Å². The molecule has 0 aromatic heterocycles. The van der Waals surface area contributed by atoms with Crippen LogP contribution >= 0.6 is 12.1 Å². The van der Waals surface area contributed by atoms with Crippen molar-refractivity contribution in [2.24, 2.45) is 0 Å². The topological polar surface area (TPSA) is 20.5 Å². The molecule has 0 N–H and O–H groups in total. The normalized spacial score (nSPS) is 9.67. The van der Waals surface area contributed by atoms with Crippen LogP contribution in [0.4, 0.5) is 0 Å². The van der Waals surface area contributed by atoms with Crippen molar-refractivity contribution >= 4 is 27.5 Å². The third-order valence-corrected chi connectivity index (χ3v) is 0.619. The zero-order valence-corrected chi connectivity index (χ0v) is 5.16. The molecular weight excluding hydrogens is 116 g/mol. The SMILES string of the molecule is C[O+]=[C-]O[Si]S. The average molecular weight is 120 g/mol. The first-order valence-corrected chi connectivity index (χ1v) is 3.44. The predicted molar refractivity (Wildman–Crippen MR) is 27.4 cm³/mol. The molecule has 0 aliphatic carbocycles. The molecule has 0 rings (SSSR count). The molecular formula is C2H4O2SSi. The second-order valence-electron chi connectivity index (χ2n) is 0.481. The van der Waals surface area contributed by atoms with Crippen LogP contribution in [0.2, 0.25) is 0 Å². The minimum atomic E-state index is 0.123. The number of thiol groups is 1. The van der Waals surface area contributed by atoms with E-state index in [4.69, 9.17) is 0 Å². The van der Waals surface area contributed by atoms with Gasteiger partial charge in [0.05, 0.1) is 0 Å². The molecule has 0 unspecified atom stereocenters. The highest BCUT2D eigenvalue weighted by molar-refractivity contribution is 8.06. The Morgan fingerprint density at radius 2 is 2.67 bits per heavy atom. The van der Waals surface area contributed by atoms with Gasteiger partial charge in [-0.25, -0.2) is 0 Å². The summed E-state index contributed by atoms with van der Waals surface area (Å²) in [6.07, 6.45) is 0. The fourth-order valence-electron chi connectivity index (χ4n) is 0.0603. The van der Waals surface area contributed by atoms with Gasteiger partial charge in [-0.2, -0.15) is 0 Å².